The van der Waals surface area contributed by atoms with Gasteiger partial charge in [0.15, 0.2) is 5.96 Å². The molecule has 0 aliphatic rings. The Balaban J connectivity index is 1.95. The first-order chi connectivity index (χ1) is 10.6. The summed E-state index contributed by atoms with van der Waals surface area (Å²) in [6, 6.07) is 3.78. The highest BCUT2D eigenvalue weighted by Crippen LogP contribution is 2.22. The minimum Gasteiger partial charge on any atom is -0.467 e. The van der Waals surface area contributed by atoms with Crippen LogP contribution in [0.2, 0.25) is 0 Å². The molecule has 6 nitrogen and oxygen atoms in total. The van der Waals surface area contributed by atoms with Crippen LogP contribution in [0.4, 0.5) is 0 Å². The van der Waals surface area contributed by atoms with Crippen LogP contribution >= 0.6 is 0 Å². The summed E-state index contributed by atoms with van der Waals surface area (Å²) >= 11 is 0. The molecule has 2 aromatic heterocycles. The Labute approximate surface area is 131 Å². The maximum atomic E-state index is 5.29. The third kappa shape index (κ3) is 4.13. The summed E-state index contributed by atoms with van der Waals surface area (Å²) < 4.78 is 10.5. The molecule has 2 aromatic rings. The summed E-state index contributed by atoms with van der Waals surface area (Å²) in [6.07, 6.45) is 1.66. The second-order valence-electron chi connectivity index (χ2n) is 5.29. The normalized spacial score (nSPS) is 13.2. The van der Waals surface area contributed by atoms with Crippen LogP contribution in [-0.2, 0) is 6.54 Å². The van der Waals surface area contributed by atoms with Gasteiger partial charge in [-0.05, 0) is 32.9 Å². The molecular weight excluding hydrogens is 280 g/mol. The van der Waals surface area contributed by atoms with E-state index in [-0.39, 0.29) is 0 Å². The molecule has 2 rings (SSSR count). The van der Waals surface area contributed by atoms with E-state index in [0.29, 0.717) is 12.5 Å². The number of hydrogen-bond donors (Lipinski definition) is 2. The molecule has 0 saturated heterocycles. The SMILES string of the molecule is CCNC(=NCc1ccco1)NCC(C)c1c(C)noc1C. The van der Waals surface area contributed by atoms with Crippen LogP contribution in [0.1, 0.15) is 42.5 Å². The van der Waals surface area contributed by atoms with Crippen LogP contribution in [0.3, 0.4) is 0 Å². The van der Waals surface area contributed by atoms with Gasteiger partial charge in [-0.1, -0.05) is 12.1 Å². The van der Waals surface area contributed by atoms with Gasteiger partial charge in [-0.3, -0.25) is 0 Å². The minimum absolute atomic E-state index is 0.290. The Morgan fingerprint density at radius 2 is 2.18 bits per heavy atom. The molecule has 0 spiro atoms. The molecule has 6 heteroatoms. The van der Waals surface area contributed by atoms with Crippen molar-refractivity contribution in [2.24, 2.45) is 4.99 Å². The van der Waals surface area contributed by atoms with E-state index in [1.807, 2.05) is 32.9 Å². The van der Waals surface area contributed by atoms with Crippen LogP contribution < -0.4 is 10.6 Å². The van der Waals surface area contributed by atoms with Gasteiger partial charge < -0.3 is 19.6 Å². The molecule has 0 aromatic carbocycles. The number of hydrogen-bond acceptors (Lipinski definition) is 4. The van der Waals surface area contributed by atoms with Gasteiger partial charge in [-0.25, -0.2) is 4.99 Å². The van der Waals surface area contributed by atoms with Gasteiger partial charge in [-0.2, -0.15) is 0 Å². The van der Waals surface area contributed by atoms with E-state index in [2.05, 4.69) is 27.7 Å². The van der Waals surface area contributed by atoms with Crippen LogP contribution in [0.5, 0.6) is 0 Å². The van der Waals surface area contributed by atoms with Crippen molar-refractivity contribution in [1.82, 2.24) is 15.8 Å². The average Bonchev–Trinajstić information content (AvgIpc) is 3.12. The highest BCUT2D eigenvalue weighted by molar-refractivity contribution is 5.79. The molecule has 0 amide bonds. The second-order valence-corrected chi connectivity index (χ2v) is 5.29. The largest absolute Gasteiger partial charge is 0.467 e. The fourth-order valence-corrected chi connectivity index (χ4v) is 2.45. The lowest BCUT2D eigenvalue weighted by Gasteiger charge is -2.15. The molecule has 0 aliphatic heterocycles. The zero-order valence-corrected chi connectivity index (χ0v) is 13.6. The number of furan rings is 1. The van der Waals surface area contributed by atoms with Crippen LogP contribution in [0.15, 0.2) is 32.3 Å². The van der Waals surface area contributed by atoms with Gasteiger partial charge >= 0.3 is 0 Å². The third-order valence-corrected chi connectivity index (χ3v) is 3.47. The van der Waals surface area contributed by atoms with E-state index in [0.717, 1.165) is 41.8 Å². The maximum absolute atomic E-state index is 5.29. The van der Waals surface area contributed by atoms with E-state index in [1.165, 1.54) is 0 Å². The fraction of sp³-hybridized carbons (Fsp3) is 0.500. The second kappa shape index (κ2) is 7.68. The number of nitrogens with one attached hydrogen (secondary N) is 2. The highest BCUT2D eigenvalue weighted by Gasteiger charge is 2.16. The predicted octanol–water partition coefficient (Wildman–Crippen LogP) is 2.74. The smallest absolute Gasteiger partial charge is 0.191 e. The van der Waals surface area contributed by atoms with Crippen molar-refractivity contribution in [1.29, 1.82) is 0 Å². The Morgan fingerprint density at radius 1 is 1.36 bits per heavy atom. The monoisotopic (exact) mass is 304 g/mol. The van der Waals surface area contributed by atoms with Crippen molar-refractivity contribution in [3.05, 3.63) is 41.2 Å². The summed E-state index contributed by atoms with van der Waals surface area (Å²) in [7, 11) is 0. The average molecular weight is 304 g/mol. The number of rotatable bonds is 6. The van der Waals surface area contributed by atoms with Crippen molar-refractivity contribution >= 4 is 5.96 Å². The van der Waals surface area contributed by atoms with Crippen molar-refractivity contribution in [2.75, 3.05) is 13.1 Å². The van der Waals surface area contributed by atoms with Crippen molar-refractivity contribution < 1.29 is 8.94 Å². The molecule has 0 radical (unpaired) electrons. The molecule has 0 fully saturated rings. The Hall–Kier alpha value is -2.24. The first-order valence-corrected chi connectivity index (χ1v) is 7.59. The summed E-state index contributed by atoms with van der Waals surface area (Å²) in [6.45, 7) is 10.2. The quantitative estimate of drug-likeness (QED) is 0.634. The van der Waals surface area contributed by atoms with Crippen LogP contribution in [0, 0.1) is 13.8 Å². The van der Waals surface area contributed by atoms with Gasteiger partial charge in [0.25, 0.3) is 0 Å². The summed E-state index contributed by atoms with van der Waals surface area (Å²) in [5.41, 5.74) is 2.11. The number of aryl methyl sites for hydroxylation is 2. The first kappa shape index (κ1) is 16.1. The lowest BCUT2D eigenvalue weighted by Crippen LogP contribution is -2.39. The maximum Gasteiger partial charge on any atom is 0.191 e. The minimum atomic E-state index is 0.290. The van der Waals surface area contributed by atoms with E-state index in [1.54, 1.807) is 6.26 Å². The summed E-state index contributed by atoms with van der Waals surface area (Å²) in [5.74, 6) is 2.79. The summed E-state index contributed by atoms with van der Waals surface area (Å²) in [4.78, 5) is 4.52. The molecule has 0 aliphatic carbocycles. The molecule has 0 saturated carbocycles. The van der Waals surface area contributed by atoms with E-state index >= 15 is 0 Å². The van der Waals surface area contributed by atoms with E-state index in [9.17, 15) is 0 Å². The van der Waals surface area contributed by atoms with Gasteiger partial charge in [0, 0.05) is 24.6 Å². The van der Waals surface area contributed by atoms with Crippen molar-refractivity contribution in [2.45, 2.75) is 40.2 Å². The zero-order chi connectivity index (χ0) is 15.9. The Kier molecular flexibility index (Phi) is 5.63. The van der Waals surface area contributed by atoms with Crippen LogP contribution in [0.25, 0.3) is 0 Å². The molecule has 22 heavy (non-hydrogen) atoms. The highest BCUT2D eigenvalue weighted by atomic mass is 16.5. The topological polar surface area (TPSA) is 75.6 Å². The Bertz CT molecular complexity index is 582. The molecule has 120 valence electrons. The molecule has 1 atom stereocenters. The first-order valence-electron chi connectivity index (χ1n) is 7.59. The van der Waals surface area contributed by atoms with Gasteiger partial charge in [-0.15, -0.1) is 0 Å². The summed E-state index contributed by atoms with van der Waals surface area (Å²) in [5, 5.41) is 10.6. The number of aliphatic imine (C=N–C) groups is 1. The van der Waals surface area contributed by atoms with E-state index in [4.69, 9.17) is 8.94 Å². The zero-order valence-electron chi connectivity index (χ0n) is 13.6. The molecule has 1 unspecified atom stereocenters. The third-order valence-electron chi connectivity index (χ3n) is 3.47. The van der Waals surface area contributed by atoms with Gasteiger partial charge in [0.05, 0.1) is 12.0 Å². The van der Waals surface area contributed by atoms with Crippen molar-refractivity contribution in [3.63, 3.8) is 0 Å². The van der Waals surface area contributed by atoms with Crippen LogP contribution in [-0.4, -0.2) is 24.2 Å². The standard InChI is InChI=1S/C16H24N4O2/c1-5-17-16(19-10-14-7-6-8-21-14)18-9-11(2)15-12(3)20-22-13(15)4/h6-8,11H,5,9-10H2,1-4H3,(H2,17,18,19). The molecular formula is C16H24N4O2. The number of guanidine groups is 1. The molecule has 0 bridgehead atoms. The predicted molar refractivity (Wildman–Crippen MR) is 85.9 cm³/mol. The Morgan fingerprint density at radius 3 is 2.77 bits per heavy atom. The lowest BCUT2D eigenvalue weighted by molar-refractivity contribution is 0.391. The van der Waals surface area contributed by atoms with E-state index < -0.39 is 0 Å². The number of nitrogens with zero attached hydrogens (tertiary/aromatic N) is 2. The number of aromatic nitrogens is 1. The van der Waals surface area contributed by atoms with Gasteiger partial charge in [0.2, 0.25) is 0 Å². The molecule has 2 heterocycles. The van der Waals surface area contributed by atoms with Gasteiger partial charge in [0.1, 0.15) is 18.1 Å². The fourth-order valence-electron chi connectivity index (χ4n) is 2.45. The molecule has 2 N–H and O–H groups in total. The lowest BCUT2D eigenvalue weighted by atomic mass is 10.00. The van der Waals surface area contributed by atoms with Crippen molar-refractivity contribution in [3.8, 4) is 0 Å².